The molecule has 37 heavy (non-hydrogen) atoms. The molecule has 0 bridgehead atoms. The molecule has 4 rings (SSSR count). The van der Waals surface area contributed by atoms with E-state index in [-0.39, 0.29) is 45.6 Å². The highest BCUT2D eigenvalue weighted by atomic mass is 16.5. The smallest absolute Gasteiger partial charge is 0.302 e. The Bertz CT molecular complexity index is 915. The van der Waals surface area contributed by atoms with E-state index in [0.29, 0.717) is 18.3 Å². The minimum Gasteiger partial charge on any atom is -0.462 e. The molecule has 3 N–H and O–H groups in total. The SMILES string of the molecule is CC(=O)O[C@H]1CC[C@@]2(C)[C@H](CC[C@]3(C)[C@@H]2CC[C@@H]2[C@@H]([C@@](C)(O)C/C=C/C(C)(C)O)[C@@H](O)C[C@]23C)C1(C)C. The van der Waals surface area contributed by atoms with E-state index < -0.39 is 17.3 Å². The van der Waals surface area contributed by atoms with Crippen LogP contribution in [-0.4, -0.2) is 44.7 Å². The Hall–Kier alpha value is -0.910. The standard InChI is InChI=1S/C32H54O5/c1-20(33)37-25-14-17-29(6)23(28(25,4)5)13-18-30(7)24(29)12-11-21-26(22(34)19-31(21,30)8)32(9,36)16-10-15-27(2,3)35/h10,15,21-26,34-36H,11-14,16-19H2,1-9H3/b15-10+/t21-,22+,23-,24-,25+,26-,29+,30-,31-,32+/m1/s1. The van der Waals surface area contributed by atoms with Crippen molar-refractivity contribution >= 4 is 5.97 Å². The van der Waals surface area contributed by atoms with E-state index in [2.05, 4.69) is 34.6 Å². The second kappa shape index (κ2) is 9.06. The number of fused-ring (bicyclic) bond motifs is 5. The number of aliphatic hydroxyl groups is 3. The van der Waals surface area contributed by atoms with Gasteiger partial charge in [-0.3, -0.25) is 4.79 Å². The van der Waals surface area contributed by atoms with Crippen molar-refractivity contribution < 1.29 is 24.9 Å². The van der Waals surface area contributed by atoms with Gasteiger partial charge in [-0.05, 0) is 106 Å². The van der Waals surface area contributed by atoms with Crippen LogP contribution < -0.4 is 0 Å². The average molecular weight is 519 g/mol. The number of aliphatic hydroxyl groups excluding tert-OH is 1. The zero-order chi connectivity index (χ0) is 27.8. The summed E-state index contributed by atoms with van der Waals surface area (Å²) in [4.78, 5) is 11.9. The third-order valence-electron chi connectivity index (χ3n) is 12.4. The predicted octanol–water partition coefficient (Wildman–Crippen LogP) is 6.04. The Morgan fingerprint density at radius 3 is 2.19 bits per heavy atom. The van der Waals surface area contributed by atoms with Crippen molar-refractivity contribution in [3.63, 3.8) is 0 Å². The van der Waals surface area contributed by atoms with E-state index >= 15 is 0 Å². The summed E-state index contributed by atoms with van der Waals surface area (Å²) in [5, 5.41) is 33.3. The summed E-state index contributed by atoms with van der Waals surface area (Å²) in [7, 11) is 0. The summed E-state index contributed by atoms with van der Waals surface area (Å²) in [6, 6.07) is 0. The number of rotatable bonds is 5. The first kappa shape index (κ1) is 29.1. The summed E-state index contributed by atoms with van der Waals surface area (Å²) in [6.07, 6.45) is 10.6. The summed E-state index contributed by atoms with van der Waals surface area (Å²) in [5.41, 5.74) is -1.80. The molecule has 4 fully saturated rings. The number of carbonyl (C=O) groups is 1. The first-order valence-electron chi connectivity index (χ1n) is 14.8. The average Bonchev–Trinajstić information content (AvgIpc) is 3.00. The molecule has 0 radical (unpaired) electrons. The van der Waals surface area contributed by atoms with Crippen molar-refractivity contribution in [1.29, 1.82) is 0 Å². The molecule has 4 aliphatic rings. The molecule has 0 amide bonds. The van der Waals surface area contributed by atoms with E-state index in [1.165, 1.54) is 6.92 Å². The third-order valence-corrected chi connectivity index (χ3v) is 12.4. The zero-order valence-corrected chi connectivity index (χ0v) is 24.9. The van der Waals surface area contributed by atoms with E-state index in [0.717, 1.165) is 44.9 Å². The Kier molecular flexibility index (Phi) is 7.12. The lowest BCUT2D eigenvalue weighted by Crippen LogP contribution is -2.64. The fourth-order valence-corrected chi connectivity index (χ4v) is 10.7. The van der Waals surface area contributed by atoms with Crippen LogP contribution in [0.25, 0.3) is 0 Å². The highest BCUT2D eigenvalue weighted by Crippen LogP contribution is 2.75. The monoisotopic (exact) mass is 518 g/mol. The molecule has 0 unspecified atom stereocenters. The van der Waals surface area contributed by atoms with Gasteiger partial charge in [0.25, 0.3) is 0 Å². The van der Waals surface area contributed by atoms with Gasteiger partial charge < -0.3 is 20.1 Å². The number of ether oxygens (including phenoxy) is 1. The quantitative estimate of drug-likeness (QED) is 0.305. The Labute approximate surface area is 225 Å². The van der Waals surface area contributed by atoms with Crippen molar-refractivity contribution in [3.05, 3.63) is 12.2 Å². The van der Waals surface area contributed by atoms with Crippen LogP contribution >= 0.6 is 0 Å². The summed E-state index contributed by atoms with van der Waals surface area (Å²) >= 11 is 0. The summed E-state index contributed by atoms with van der Waals surface area (Å²) in [5.74, 6) is 0.950. The molecular weight excluding hydrogens is 464 g/mol. The molecule has 0 aliphatic heterocycles. The second-order valence-corrected chi connectivity index (χ2v) is 15.5. The molecule has 10 atom stereocenters. The molecule has 5 heteroatoms. The topological polar surface area (TPSA) is 87.0 Å². The molecule has 0 spiro atoms. The molecule has 0 saturated heterocycles. The summed E-state index contributed by atoms with van der Waals surface area (Å²) in [6.45, 7) is 18.9. The van der Waals surface area contributed by atoms with Crippen LogP contribution in [0.3, 0.4) is 0 Å². The van der Waals surface area contributed by atoms with Crippen molar-refractivity contribution in [1.82, 2.24) is 0 Å². The zero-order valence-electron chi connectivity index (χ0n) is 24.9. The molecule has 5 nitrogen and oxygen atoms in total. The van der Waals surface area contributed by atoms with Gasteiger partial charge >= 0.3 is 5.97 Å². The maximum absolute atomic E-state index is 11.9. The second-order valence-electron chi connectivity index (χ2n) is 15.5. The first-order chi connectivity index (χ1) is 16.8. The van der Waals surface area contributed by atoms with Gasteiger partial charge in [0.05, 0.1) is 17.3 Å². The maximum atomic E-state index is 11.9. The minimum absolute atomic E-state index is 0.0240. The van der Waals surface area contributed by atoms with Gasteiger partial charge in [0.1, 0.15) is 6.10 Å². The van der Waals surface area contributed by atoms with Gasteiger partial charge in [0, 0.05) is 18.3 Å². The number of carbonyl (C=O) groups excluding carboxylic acids is 1. The van der Waals surface area contributed by atoms with Crippen LogP contribution in [0, 0.1) is 45.3 Å². The maximum Gasteiger partial charge on any atom is 0.302 e. The number of esters is 1. The van der Waals surface area contributed by atoms with E-state index in [4.69, 9.17) is 4.74 Å². The van der Waals surface area contributed by atoms with Crippen LogP contribution in [0.1, 0.15) is 114 Å². The Balaban J connectivity index is 1.63. The van der Waals surface area contributed by atoms with Crippen LogP contribution in [0.2, 0.25) is 0 Å². The fourth-order valence-electron chi connectivity index (χ4n) is 10.7. The molecule has 4 aliphatic carbocycles. The molecule has 0 aromatic rings. The van der Waals surface area contributed by atoms with Gasteiger partial charge in [-0.1, -0.05) is 46.8 Å². The van der Waals surface area contributed by atoms with Crippen LogP contribution in [0.4, 0.5) is 0 Å². The Morgan fingerprint density at radius 2 is 1.59 bits per heavy atom. The van der Waals surface area contributed by atoms with Crippen LogP contribution in [-0.2, 0) is 9.53 Å². The number of hydrogen-bond donors (Lipinski definition) is 3. The predicted molar refractivity (Wildman–Crippen MR) is 147 cm³/mol. The van der Waals surface area contributed by atoms with E-state index in [9.17, 15) is 20.1 Å². The van der Waals surface area contributed by atoms with Crippen LogP contribution in [0.5, 0.6) is 0 Å². The largest absolute Gasteiger partial charge is 0.462 e. The van der Waals surface area contributed by atoms with Crippen LogP contribution in [0.15, 0.2) is 12.2 Å². The summed E-state index contributed by atoms with van der Waals surface area (Å²) < 4.78 is 5.85. The van der Waals surface area contributed by atoms with E-state index in [1.807, 2.05) is 13.0 Å². The molecule has 0 heterocycles. The Morgan fingerprint density at radius 1 is 0.946 bits per heavy atom. The van der Waals surface area contributed by atoms with Gasteiger partial charge in [-0.15, -0.1) is 0 Å². The molecule has 0 aromatic heterocycles. The molecular formula is C32H54O5. The lowest BCUT2D eigenvalue weighted by molar-refractivity contribution is -0.229. The fraction of sp³-hybridized carbons (Fsp3) is 0.906. The van der Waals surface area contributed by atoms with Gasteiger partial charge in [-0.2, -0.15) is 0 Å². The van der Waals surface area contributed by atoms with Crippen molar-refractivity contribution in [3.8, 4) is 0 Å². The van der Waals surface area contributed by atoms with Gasteiger partial charge in [0.15, 0.2) is 0 Å². The lowest BCUT2D eigenvalue weighted by atomic mass is 9.35. The minimum atomic E-state index is -1.03. The lowest BCUT2D eigenvalue weighted by Gasteiger charge is -2.70. The third kappa shape index (κ3) is 4.53. The van der Waals surface area contributed by atoms with Crippen molar-refractivity contribution in [2.75, 3.05) is 0 Å². The van der Waals surface area contributed by atoms with Crippen molar-refractivity contribution in [2.45, 2.75) is 137 Å². The highest BCUT2D eigenvalue weighted by Gasteiger charge is 2.71. The first-order valence-corrected chi connectivity index (χ1v) is 14.8. The normalized spacial score (nSPS) is 47.0. The molecule has 212 valence electrons. The van der Waals surface area contributed by atoms with Crippen molar-refractivity contribution in [2.24, 2.45) is 45.3 Å². The van der Waals surface area contributed by atoms with Gasteiger partial charge in [-0.25, -0.2) is 0 Å². The van der Waals surface area contributed by atoms with E-state index in [1.54, 1.807) is 19.9 Å². The highest BCUT2D eigenvalue weighted by molar-refractivity contribution is 5.66. The number of hydrogen-bond acceptors (Lipinski definition) is 5. The molecule has 0 aromatic carbocycles. The molecule has 4 saturated carbocycles. The van der Waals surface area contributed by atoms with Gasteiger partial charge in [0.2, 0.25) is 0 Å².